The van der Waals surface area contributed by atoms with Crippen molar-refractivity contribution in [3.05, 3.63) is 34.9 Å². The molecule has 0 fully saturated rings. The van der Waals surface area contributed by atoms with Crippen molar-refractivity contribution in [3.8, 4) is 0 Å². The van der Waals surface area contributed by atoms with Crippen molar-refractivity contribution in [2.24, 2.45) is 0 Å². The lowest BCUT2D eigenvalue weighted by atomic mass is 10.00. The Morgan fingerprint density at radius 2 is 2.00 bits per heavy atom. The molecule has 0 saturated heterocycles. The lowest BCUT2D eigenvalue weighted by molar-refractivity contribution is -0.146. The molecule has 5 heteroatoms. The lowest BCUT2D eigenvalue weighted by Crippen LogP contribution is -2.11. The number of benzene rings is 1. The first kappa shape index (κ1) is 13.9. The molecule has 0 aliphatic heterocycles. The van der Waals surface area contributed by atoms with Gasteiger partial charge in [-0.15, -0.1) is 0 Å². The van der Waals surface area contributed by atoms with Crippen molar-refractivity contribution in [3.63, 3.8) is 0 Å². The van der Waals surface area contributed by atoms with Crippen LogP contribution >= 0.6 is 15.9 Å². The number of carboxylic acid groups (broad SMARTS) is 1. The van der Waals surface area contributed by atoms with Crippen molar-refractivity contribution in [2.45, 2.75) is 24.3 Å². The Morgan fingerprint density at radius 3 is 2.53 bits per heavy atom. The molecule has 1 rings (SSSR count). The van der Waals surface area contributed by atoms with Crippen molar-refractivity contribution >= 4 is 28.2 Å². The summed E-state index contributed by atoms with van der Waals surface area (Å²) in [6.45, 7) is 0. The molecule has 0 aliphatic rings. The maximum Gasteiger partial charge on any atom is 0.337 e. The number of aliphatic carboxylic acids is 1. The number of alkyl halides is 1. The van der Waals surface area contributed by atoms with Gasteiger partial charge in [-0.05, 0) is 23.1 Å². The van der Waals surface area contributed by atoms with Gasteiger partial charge in [0, 0.05) is 11.8 Å². The average molecular weight is 301 g/mol. The maximum atomic E-state index is 10.7. The van der Waals surface area contributed by atoms with Gasteiger partial charge in [-0.2, -0.15) is 0 Å². The van der Waals surface area contributed by atoms with E-state index in [9.17, 15) is 14.7 Å². The van der Waals surface area contributed by atoms with Crippen molar-refractivity contribution in [1.29, 1.82) is 0 Å². The minimum atomic E-state index is -1.52. The largest absolute Gasteiger partial charge is 0.479 e. The Hall–Kier alpha value is -1.20. The van der Waals surface area contributed by atoms with E-state index in [1.54, 1.807) is 12.1 Å². The number of aliphatic hydroxyl groups is 1. The third-order valence-electron chi connectivity index (χ3n) is 2.33. The summed E-state index contributed by atoms with van der Waals surface area (Å²) in [7, 11) is 0. The van der Waals surface area contributed by atoms with Crippen molar-refractivity contribution < 1.29 is 19.8 Å². The summed E-state index contributed by atoms with van der Waals surface area (Å²) in [5.74, 6) is -1.28. The quantitative estimate of drug-likeness (QED) is 0.621. The SMILES string of the molecule is O=CCCc1cc(CBr)cc(C(O)C(=O)O)c1. The van der Waals surface area contributed by atoms with Crippen LogP contribution in [0.4, 0.5) is 0 Å². The second-order valence-corrected chi connectivity index (χ2v) is 4.22. The summed E-state index contributed by atoms with van der Waals surface area (Å²) in [6, 6.07) is 5.14. The van der Waals surface area contributed by atoms with Crippen LogP contribution in [0.25, 0.3) is 0 Å². The highest BCUT2D eigenvalue weighted by molar-refractivity contribution is 9.08. The molecule has 0 heterocycles. The van der Waals surface area contributed by atoms with Gasteiger partial charge in [-0.3, -0.25) is 0 Å². The van der Waals surface area contributed by atoms with Gasteiger partial charge in [0.15, 0.2) is 6.10 Å². The smallest absolute Gasteiger partial charge is 0.337 e. The van der Waals surface area contributed by atoms with E-state index in [-0.39, 0.29) is 0 Å². The van der Waals surface area contributed by atoms with E-state index in [0.717, 1.165) is 17.4 Å². The number of carboxylic acids is 1. The third-order valence-corrected chi connectivity index (χ3v) is 2.98. The van der Waals surface area contributed by atoms with Crippen LogP contribution < -0.4 is 0 Å². The van der Waals surface area contributed by atoms with Crippen LogP contribution in [0, 0.1) is 0 Å². The second kappa shape index (κ2) is 6.51. The molecule has 17 heavy (non-hydrogen) atoms. The van der Waals surface area contributed by atoms with Gasteiger partial charge in [-0.1, -0.05) is 34.1 Å². The lowest BCUT2D eigenvalue weighted by Gasteiger charge is -2.10. The Morgan fingerprint density at radius 1 is 1.35 bits per heavy atom. The van der Waals surface area contributed by atoms with Gasteiger partial charge in [-0.25, -0.2) is 4.79 Å². The molecule has 0 radical (unpaired) electrons. The molecule has 92 valence electrons. The molecular weight excluding hydrogens is 288 g/mol. The summed E-state index contributed by atoms with van der Waals surface area (Å²) in [5.41, 5.74) is 2.07. The molecule has 4 nitrogen and oxygen atoms in total. The van der Waals surface area contributed by atoms with Crippen LogP contribution in [0.15, 0.2) is 18.2 Å². The highest BCUT2D eigenvalue weighted by atomic mass is 79.9. The number of halogens is 1. The monoisotopic (exact) mass is 300 g/mol. The molecule has 0 saturated carbocycles. The van der Waals surface area contributed by atoms with Crippen LogP contribution in [-0.2, 0) is 21.3 Å². The molecule has 0 spiro atoms. The maximum absolute atomic E-state index is 10.7. The molecular formula is C12H13BrO4. The fourth-order valence-electron chi connectivity index (χ4n) is 1.54. The predicted molar refractivity (Wildman–Crippen MR) is 66.1 cm³/mol. The van der Waals surface area contributed by atoms with Crippen LogP contribution in [0.5, 0.6) is 0 Å². The molecule has 1 aromatic rings. The van der Waals surface area contributed by atoms with Gasteiger partial charge < -0.3 is 15.0 Å². The number of carbonyl (C=O) groups excluding carboxylic acids is 1. The molecule has 0 amide bonds. The zero-order valence-electron chi connectivity index (χ0n) is 9.10. The zero-order chi connectivity index (χ0) is 12.8. The number of aryl methyl sites for hydroxylation is 1. The van der Waals surface area contributed by atoms with E-state index < -0.39 is 12.1 Å². The van der Waals surface area contributed by atoms with Crippen LogP contribution in [-0.4, -0.2) is 22.5 Å². The highest BCUT2D eigenvalue weighted by Gasteiger charge is 2.16. The van der Waals surface area contributed by atoms with Crippen LogP contribution in [0.1, 0.15) is 29.2 Å². The minimum Gasteiger partial charge on any atom is -0.479 e. The molecule has 1 atom stereocenters. The van der Waals surface area contributed by atoms with Crippen LogP contribution in [0.3, 0.4) is 0 Å². The van der Waals surface area contributed by atoms with Gasteiger partial charge in [0.1, 0.15) is 6.29 Å². The third kappa shape index (κ3) is 3.94. The Labute approximate surface area is 107 Å². The summed E-state index contributed by atoms with van der Waals surface area (Å²) in [6.07, 6.45) is 0.218. The minimum absolute atomic E-state index is 0.343. The Kier molecular flexibility index (Phi) is 5.31. The van der Waals surface area contributed by atoms with Crippen molar-refractivity contribution in [2.75, 3.05) is 0 Å². The number of rotatable bonds is 6. The molecule has 0 bridgehead atoms. The Bertz CT molecular complexity index is 417. The first-order chi connectivity index (χ1) is 8.08. The summed E-state index contributed by atoms with van der Waals surface area (Å²) in [4.78, 5) is 21.0. The number of hydrogen-bond donors (Lipinski definition) is 2. The summed E-state index contributed by atoms with van der Waals surface area (Å²) < 4.78 is 0. The Balaban J connectivity index is 3.04. The predicted octanol–water partition coefficient (Wildman–Crippen LogP) is 1.83. The van der Waals surface area contributed by atoms with E-state index in [1.807, 2.05) is 6.07 Å². The number of hydrogen-bond acceptors (Lipinski definition) is 3. The summed E-state index contributed by atoms with van der Waals surface area (Å²) >= 11 is 3.28. The molecule has 0 aliphatic carbocycles. The van der Waals surface area contributed by atoms with Gasteiger partial charge in [0.2, 0.25) is 0 Å². The average Bonchev–Trinajstić information content (AvgIpc) is 2.34. The van der Waals surface area contributed by atoms with Crippen LogP contribution in [0.2, 0.25) is 0 Å². The second-order valence-electron chi connectivity index (χ2n) is 3.66. The number of aliphatic hydroxyl groups excluding tert-OH is 1. The van der Waals surface area contributed by atoms with E-state index in [1.165, 1.54) is 0 Å². The highest BCUT2D eigenvalue weighted by Crippen LogP contribution is 2.20. The first-order valence-electron chi connectivity index (χ1n) is 5.11. The topological polar surface area (TPSA) is 74.6 Å². The molecule has 2 N–H and O–H groups in total. The fraction of sp³-hybridized carbons (Fsp3) is 0.333. The van der Waals surface area contributed by atoms with Gasteiger partial charge >= 0.3 is 5.97 Å². The fourth-order valence-corrected chi connectivity index (χ4v) is 1.86. The molecule has 1 aromatic carbocycles. The van der Waals surface area contributed by atoms with E-state index in [4.69, 9.17) is 5.11 Å². The summed E-state index contributed by atoms with van der Waals surface area (Å²) in [5, 5.41) is 18.8. The van der Waals surface area contributed by atoms with E-state index in [2.05, 4.69) is 15.9 Å². The standard InChI is InChI=1S/C12H13BrO4/c13-7-9-4-8(2-1-3-14)5-10(6-9)11(15)12(16)17/h3-6,11,15H,1-2,7H2,(H,16,17). The zero-order valence-corrected chi connectivity index (χ0v) is 10.7. The van der Waals surface area contributed by atoms with Gasteiger partial charge in [0.25, 0.3) is 0 Å². The van der Waals surface area contributed by atoms with E-state index in [0.29, 0.717) is 23.7 Å². The normalized spacial score (nSPS) is 12.1. The number of carbonyl (C=O) groups is 2. The van der Waals surface area contributed by atoms with E-state index >= 15 is 0 Å². The molecule has 1 unspecified atom stereocenters. The molecule has 0 aromatic heterocycles. The van der Waals surface area contributed by atoms with Crippen molar-refractivity contribution in [1.82, 2.24) is 0 Å². The number of aldehydes is 1. The first-order valence-corrected chi connectivity index (χ1v) is 6.24. The van der Waals surface area contributed by atoms with Gasteiger partial charge in [0.05, 0.1) is 0 Å².